The highest BCUT2D eigenvalue weighted by atomic mass is 16.5. The number of carbonyl (C=O) groups is 1. The molecular weight excluding hydrogens is 280 g/mol. The van der Waals surface area contributed by atoms with E-state index >= 15 is 0 Å². The summed E-state index contributed by atoms with van der Waals surface area (Å²) in [5.74, 6) is 0.772. The first-order valence-electron chi connectivity index (χ1n) is 7.53. The molecule has 2 N–H and O–H groups in total. The molecule has 0 aromatic heterocycles. The first-order chi connectivity index (χ1) is 10.8. The third kappa shape index (κ3) is 3.75. The Balaban J connectivity index is 1.44. The average molecular weight is 300 g/mol. The highest BCUT2D eigenvalue weighted by molar-refractivity contribution is 5.83. The van der Waals surface area contributed by atoms with E-state index in [1.807, 2.05) is 30.3 Å². The average Bonchev–Trinajstić information content (AvgIpc) is 2.59. The zero-order chi connectivity index (χ0) is 15.2. The lowest BCUT2D eigenvalue weighted by atomic mass is 10.1. The maximum atomic E-state index is 11.9. The van der Waals surface area contributed by atoms with E-state index in [4.69, 9.17) is 9.47 Å². The minimum atomic E-state index is -0.255. The Labute approximate surface area is 129 Å². The van der Waals surface area contributed by atoms with Gasteiger partial charge in [-0.05, 0) is 22.9 Å². The van der Waals surface area contributed by atoms with Crippen molar-refractivity contribution in [2.75, 3.05) is 32.9 Å². The van der Waals surface area contributed by atoms with Crippen molar-refractivity contribution in [1.82, 2.24) is 10.6 Å². The van der Waals surface area contributed by atoms with Crippen LogP contribution >= 0.6 is 0 Å². The minimum absolute atomic E-state index is 0.0400. The van der Waals surface area contributed by atoms with E-state index < -0.39 is 0 Å². The number of amides is 1. The van der Waals surface area contributed by atoms with Crippen molar-refractivity contribution in [3.63, 3.8) is 0 Å². The van der Waals surface area contributed by atoms with Gasteiger partial charge < -0.3 is 20.1 Å². The van der Waals surface area contributed by atoms with Crippen LogP contribution in [0, 0.1) is 0 Å². The molecule has 0 saturated carbocycles. The second kappa shape index (κ2) is 7.24. The Kier molecular flexibility index (Phi) is 4.88. The summed E-state index contributed by atoms with van der Waals surface area (Å²) in [6.45, 7) is 2.72. The minimum Gasteiger partial charge on any atom is -0.492 e. The fourth-order valence-electron chi connectivity index (χ4n) is 2.46. The van der Waals surface area contributed by atoms with Gasteiger partial charge in [0.25, 0.3) is 0 Å². The predicted octanol–water partition coefficient (Wildman–Crippen LogP) is 1.32. The predicted molar refractivity (Wildman–Crippen MR) is 85.1 cm³/mol. The Hall–Kier alpha value is -2.11. The molecule has 5 nitrogen and oxygen atoms in total. The van der Waals surface area contributed by atoms with E-state index in [2.05, 4.69) is 22.8 Å². The van der Waals surface area contributed by atoms with E-state index in [0.29, 0.717) is 32.9 Å². The lowest BCUT2D eigenvalue weighted by molar-refractivity contribution is -0.126. The number of hydrogen-bond acceptors (Lipinski definition) is 4. The first-order valence-corrected chi connectivity index (χ1v) is 7.53. The Morgan fingerprint density at radius 3 is 2.95 bits per heavy atom. The molecule has 0 radical (unpaired) electrons. The summed E-state index contributed by atoms with van der Waals surface area (Å²) < 4.78 is 11.0. The van der Waals surface area contributed by atoms with Gasteiger partial charge in [-0.25, -0.2) is 0 Å². The van der Waals surface area contributed by atoms with Crippen molar-refractivity contribution in [1.29, 1.82) is 0 Å². The molecule has 1 aliphatic heterocycles. The molecule has 0 spiro atoms. The number of fused-ring (bicyclic) bond motifs is 1. The molecule has 1 fully saturated rings. The zero-order valence-electron chi connectivity index (χ0n) is 12.4. The van der Waals surface area contributed by atoms with Crippen LogP contribution in [0.4, 0.5) is 0 Å². The van der Waals surface area contributed by atoms with Crippen LogP contribution in [0.25, 0.3) is 10.8 Å². The topological polar surface area (TPSA) is 59.6 Å². The third-order valence-electron chi connectivity index (χ3n) is 3.63. The fourth-order valence-corrected chi connectivity index (χ4v) is 2.46. The molecule has 116 valence electrons. The first kappa shape index (κ1) is 14.8. The van der Waals surface area contributed by atoms with E-state index in [0.717, 1.165) is 11.1 Å². The molecule has 1 heterocycles. The summed E-state index contributed by atoms with van der Waals surface area (Å²) >= 11 is 0. The molecule has 1 amide bonds. The van der Waals surface area contributed by atoms with Gasteiger partial charge in [0.05, 0.1) is 19.8 Å². The van der Waals surface area contributed by atoms with Crippen molar-refractivity contribution >= 4 is 16.7 Å². The molecule has 1 aliphatic rings. The standard InChI is InChI=1S/C17H20N2O3/c20-17(16-12-21-9-7-18-16)19-8-10-22-15-6-5-13-3-1-2-4-14(13)11-15/h1-6,11,16,18H,7-10,12H2,(H,19,20). The van der Waals surface area contributed by atoms with Crippen molar-refractivity contribution < 1.29 is 14.3 Å². The van der Waals surface area contributed by atoms with Gasteiger partial charge in [0.2, 0.25) is 5.91 Å². The van der Waals surface area contributed by atoms with E-state index in [9.17, 15) is 4.79 Å². The molecule has 2 aromatic carbocycles. The Morgan fingerprint density at radius 1 is 1.27 bits per heavy atom. The van der Waals surface area contributed by atoms with Crippen LogP contribution in [0.2, 0.25) is 0 Å². The molecule has 2 aromatic rings. The highest BCUT2D eigenvalue weighted by Gasteiger charge is 2.20. The summed E-state index contributed by atoms with van der Waals surface area (Å²) in [6, 6.07) is 13.9. The number of benzene rings is 2. The van der Waals surface area contributed by atoms with E-state index in [-0.39, 0.29) is 11.9 Å². The fraction of sp³-hybridized carbons (Fsp3) is 0.353. The molecular formula is C17H20N2O3. The molecule has 22 heavy (non-hydrogen) atoms. The zero-order valence-corrected chi connectivity index (χ0v) is 12.4. The van der Waals surface area contributed by atoms with E-state index in [1.54, 1.807) is 0 Å². The molecule has 0 bridgehead atoms. The molecule has 0 aliphatic carbocycles. The maximum Gasteiger partial charge on any atom is 0.239 e. The molecule has 1 atom stereocenters. The summed E-state index contributed by atoms with van der Waals surface area (Å²) in [5.41, 5.74) is 0. The van der Waals surface area contributed by atoms with Crippen LogP contribution in [0.1, 0.15) is 0 Å². The summed E-state index contributed by atoms with van der Waals surface area (Å²) in [7, 11) is 0. The van der Waals surface area contributed by atoms with Gasteiger partial charge in [-0.1, -0.05) is 30.3 Å². The largest absolute Gasteiger partial charge is 0.492 e. The van der Waals surface area contributed by atoms with Crippen molar-refractivity contribution in [2.24, 2.45) is 0 Å². The Bertz CT molecular complexity index is 639. The van der Waals surface area contributed by atoms with Crippen LogP contribution in [-0.2, 0) is 9.53 Å². The number of hydrogen-bond donors (Lipinski definition) is 2. The number of carbonyl (C=O) groups excluding carboxylic acids is 1. The summed E-state index contributed by atoms with van der Waals surface area (Å²) in [4.78, 5) is 11.9. The van der Waals surface area contributed by atoms with Crippen molar-refractivity contribution in [3.05, 3.63) is 42.5 Å². The summed E-state index contributed by atoms with van der Waals surface area (Å²) in [5, 5.41) is 8.31. The van der Waals surface area contributed by atoms with Gasteiger partial charge in [0, 0.05) is 6.54 Å². The normalized spacial score (nSPS) is 18.1. The number of morpholine rings is 1. The molecule has 3 rings (SSSR count). The lowest BCUT2D eigenvalue weighted by Gasteiger charge is -2.22. The van der Waals surface area contributed by atoms with Crippen LogP contribution in [0.3, 0.4) is 0 Å². The molecule has 1 saturated heterocycles. The third-order valence-corrected chi connectivity index (χ3v) is 3.63. The van der Waals surface area contributed by atoms with Gasteiger partial charge in [-0.2, -0.15) is 0 Å². The molecule has 1 unspecified atom stereocenters. The van der Waals surface area contributed by atoms with Crippen LogP contribution < -0.4 is 15.4 Å². The summed E-state index contributed by atoms with van der Waals surface area (Å²) in [6.07, 6.45) is 0. The molecule has 5 heteroatoms. The highest BCUT2D eigenvalue weighted by Crippen LogP contribution is 2.20. The SMILES string of the molecule is O=C(NCCOc1ccc2ccccc2c1)C1COCCN1. The van der Waals surface area contributed by atoms with E-state index in [1.165, 1.54) is 5.39 Å². The monoisotopic (exact) mass is 300 g/mol. The number of nitrogens with one attached hydrogen (secondary N) is 2. The van der Waals surface area contributed by atoms with Crippen LogP contribution in [-0.4, -0.2) is 44.9 Å². The van der Waals surface area contributed by atoms with Crippen molar-refractivity contribution in [2.45, 2.75) is 6.04 Å². The second-order valence-corrected chi connectivity index (χ2v) is 5.23. The quantitative estimate of drug-likeness (QED) is 0.818. The smallest absolute Gasteiger partial charge is 0.239 e. The van der Waals surface area contributed by atoms with Gasteiger partial charge >= 0.3 is 0 Å². The van der Waals surface area contributed by atoms with Crippen LogP contribution in [0.5, 0.6) is 5.75 Å². The Morgan fingerprint density at radius 2 is 2.14 bits per heavy atom. The number of rotatable bonds is 5. The lowest BCUT2D eigenvalue weighted by Crippen LogP contribution is -2.51. The van der Waals surface area contributed by atoms with Crippen LogP contribution in [0.15, 0.2) is 42.5 Å². The van der Waals surface area contributed by atoms with Crippen molar-refractivity contribution in [3.8, 4) is 5.75 Å². The van der Waals surface area contributed by atoms with Gasteiger partial charge in [-0.15, -0.1) is 0 Å². The van der Waals surface area contributed by atoms with Gasteiger partial charge in [0.15, 0.2) is 0 Å². The second-order valence-electron chi connectivity index (χ2n) is 5.23. The van der Waals surface area contributed by atoms with Gasteiger partial charge in [0.1, 0.15) is 18.4 Å². The maximum absolute atomic E-state index is 11.9. The van der Waals surface area contributed by atoms with Gasteiger partial charge in [-0.3, -0.25) is 4.79 Å². The number of ether oxygens (including phenoxy) is 2.